The number of benzene rings is 1. The fraction of sp³-hybridized carbons (Fsp3) is 0.286. The quantitative estimate of drug-likeness (QED) is 0.890. The first-order chi connectivity index (χ1) is 9.28. The molecule has 3 rings (SSSR count). The lowest BCUT2D eigenvalue weighted by molar-refractivity contribution is 1.13. The summed E-state index contributed by atoms with van der Waals surface area (Å²) in [5, 5.41) is 7.18. The van der Waals surface area contributed by atoms with Crippen LogP contribution in [0.15, 0.2) is 30.6 Å². The fourth-order valence-corrected chi connectivity index (χ4v) is 2.41. The lowest BCUT2D eigenvalue weighted by Crippen LogP contribution is -2.01. The van der Waals surface area contributed by atoms with E-state index in [1.165, 1.54) is 18.4 Å². The first-order valence-corrected chi connectivity index (χ1v) is 6.71. The predicted molar refractivity (Wildman–Crippen MR) is 78.3 cm³/mol. The SMILES string of the molecule is CNc1cc(C2CC2)c(Cl)cc1Nc1ncccn1. The standard InChI is InChI=1S/C14H15ClN4/c1-16-12-7-10(9-3-4-9)11(15)8-13(12)19-14-17-5-2-6-18-14/h2,5-9,16H,3-4H2,1H3,(H,17,18,19). The summed E-state index contributed by atoms with van der Waals surface area (Å²) < 4.78 is 0. The number of hydrogen-bond donors (Lipinski definition) is 2. The zero-order chi connectivity index (χ0) is 13.2. The highest BCUT2D eigenvalue weighted by atomic mass is 35.5. The molecule has 4 nitrogen and oxygen atoms in total. The van der Waals surface area contributed by atoms with Gasteiger partial charge in [0.2, 0.25) is 5.95 Å². The topological polar surface area (TPSA) is 49.8 Å². The first-order valence-electron chi connectivity index (χ1n) is 6.33. The second-order valence-electron chi connectivity index (χ2n) is 4.64. The molecule has 0 atom stereocenters. The molecule has 0 unspecified atom stereocenters. The van der Waals surface area contributed by atoms with E-state index in [0.717, 1.165) is 16.4 Å². The minimum Gasteiger partial charge on any atom is -0.386 e. The van der Waals surface area contributed by atoms with Crippen molar-refractivity contribution >= 4 is 28.9 Å². The molecule has 19 heavy (non-hydrogen) atoms. The van der Waals surface area contributed by atoms with E-state index in [4.69, 9.17) is 11.6 Å². The van der Waals surface area contributed by atoms with Gasteiger partial charge in [-0.2, -0.15) is 0 Å². The van der Waals surface area contributed by atoms with Crippen LogP contribution in [0.1, 0.15) is 24.3 Å². The van der Waals surface area contributed by atoms with Gasteiger partial charge < -0.3 is 10.6 Å². The molecule has 98 valence electrons. The zero-order valence-electron chi connectivity index (χ0n) is 10.7. The zero-order valence-corrected chi connectivity index (χ0v) is 11.4. The van der Waals surface area contributed by atoms with Gasteiger partial charge in [0.05, 0.1) is 11.4 Å². The average molecular weight is 275 g/mol. The van der Waals surface area contributed by atoms with Gasteiger partial charge in [-0.05, 0) is 42.5 Å². The Hall–Kier alpha value is -1.81. The van der Waals surface area contributed by atoms with Crippen LogP contribution in [-0.4, -0.2) is 17.0 Å². The predicted octanol–water partition coefficient (Wildman–Crippen LogP) is 3.79. The molecule has 1 heterocycles. The van der Waals surface area contributed by atoms with Crippen molar-refractivity contribution in [1.29, 1.82) is 0 Å². The number of aromatic nitrogens is 2. The number of nitrogens with zero attached hydrogens (tertiary/aromatic N) is 2. The molecule has 1 aliphatic carbocycles. The Bertz CT molecular complexity index is 581. The van der Waals surface area contributed by atoms with Gasteiger partial charge in [0.15, 0.2) is 0 Å². The van der Waals surface area contributed by atoms with Crippen molar-refractivity contribution in [3.63, 3.8) is 0 Å². The van der Waals surface area contributed by atoms with Crippen molar-refractivity contribution in [2.24, 2.45) is 0 Å². The summed E-state index contributed by atoms with van der Waals surface area (Å²) in [6.45, 7) is 0. The van der Waals surface area contributed by atoms with Crippen LogP contribution in [0.3, 0.4) is 0 Å². The van der Waals surface area contributed by atoms with Crippen LogP contribution in [-0.2, 0) is 0 Å². The largest absolute Gasteiger partial charge is 0.386 e. The molecule has 1 fully saturated rings. The van der Waals surface area contributed by atoms with Crippen LogP contribution in [0.2, 0.25) is 5.02 Å². The van der Waals surface area contributed by atoms with E-state index in [-0.39, 0.29) is 0 Å². The Morgan fingerprint density at radius 3 is 2.53 bits per heavy atom. The molecule has 2 aromatic rings. The molecular weight excluding hydrogens is 260 g/mol. The van der Waals surface area contributed by atoms with Gasteiger partial charge in [0.1, 0.15) is 0 Å². The Balaban J connectivity index is 1.94. The minimum absolute atomic E-state index is 0.564. The summed E-state index contributed by atoms with van der Waals surface area (Å²) in [5.74, 6) is 1.19. The number of rotatable bonds is 4. The van der Waals surface area contributed by atoms with E-state index in [2.05, 4.69) is 26.7 Å². The molecular formula is C14H15ClN4. The van der Waals surface area contributed by atoms with Gasteiger partial charge >= 0.3 is 0 Å². The van der Waals surface area contributed by atoms with Crippen LogP contribution in [0, 0.1) is 0 Å². The molecule has 1 aromatic heterocycles. The third kappa shape index (κ3) is 2.63. The highest BCUT2D eigenvalue weighted by molar-refractivity contribution is 6.32. The molecule has 1 aliphatic rings. The smallest absolute Gasteiger partial charge is 0.227 e. The molecule has 2 N–H and O–H groups in total. The van der Waals surface area contributed by atoms with Gasteiger partial charge in [0.25, 0.3) is 0 Å². The number of nitrogens with one attached hydrogen (secondary N) is 2. The third-order valence-corrected chi connectivity index (χ3v) is 3.56. The van der Waals surface area contributed by atoms with Crippen molar-refractivity contribution in [2.75, 3.05) is 17.7 Å². The van der Waals surface area contributed by atoms with Gasteiger partial charge in [0, 0.05) is 24.5 Å². The second kappa shape index (κ2) is 5.05. The van der Waals surface area contributed by atoms with Gasteiger partial charge in [-0.3, -0.25) is 0 Å². The number of anilines is 3. The Morgan fingerprint density at radius 2 is 1.89 bits per heavy atom. The van der Waals surface area contributed by atoms with E-state index in [0.29, 0.717) is 11.9 Å². The Labute approximate surface area is 117 Å². The van der Waals surface area contributed by atoms with Crippen molar-refractivity contribution < 1.29 is 0 Å². The average Bonchev–Trinajstić information content (AvgIpc) is 3.25. The maximum Gasteiger partial charge on any atom is 0.227 e. The number of hydrogen-bond acceptors (Lipinski definition) is 4. The van der Waals surface area contributed by atoms with E-state index in [1.807, 2.05) is 13.1 Å². The van der Waals surface area contributed by atoms with Gasteiger partial charge in [-0.1, -0.05) is 11.6 Å². The summed E-state index contributed by atoms with van der Waals surface area (Å²) in [6.07, 6.45) is 5.87. The highest BCUT2D eigenvalue weighted by Crippen LogP contribution is 2.45. The Kier molecular flexibility index (Phi) is 3.25. The minimum atomic E-state index is 0.564. The van der Waals surface area contributed by atoms with Crippen LogP contribution in [0.5, 0.6) is 0 Å². The normalized spacial score (nSPS) is 14.2. The molecule has 0 spiro atoms. The molecule has 5 heteroatoms. The van der Waals surface area contributed by atoms with E-state index < -0.39 is 0 Å². The van der Waals surface area contributed by atoms with Crippen molar-refractivity contribution in [3.05, 3.63) is 41.2 Å². The Morgan fingerprint density at radius 1 is 1.16 bits per heavy atom. The molecule has 0 aliphatic heterocycles. The van der Waals surface area contributed by atoms with Crippen LogP contribution in [0.25, 0.3) is 0 Å². The van der Waals surface area contributed by atoms with Crippen LogP contribution < -0.4 is 10.6 Å². The highest BCUT2D eigenvalue weighted by Gasteiger charge is 2.26. The van der Waals surface area contributed by atoms with Crippen molar-refractivity contribution in [3.8, 4) is 0 Å². The fourth-order valence-electron chi connectivity index (χ4n) is 2.09. The molecule has 0 radical (unpaired) electrons. The third-order valence-electron chi connectivity index (χ3n) is 3.24. The van der Waals surface area contributed by atoms with E-state index in [9.17, 15) is 0 Å². The van der Waals surface area contributed by atoms with Gasteiger partial charge in [-0.15, -0.1) is 0 Å². The molecule has 0 amide bonds. The van der Waals surface area contributed by atoms with E-state index >= 15 is 0 Å². The molecule has 0 bridgehead atoms. The van der Waals surface area contributed by atoms with E-state index in [1.54, 1.807) is 18.5 Å². The first kappa shape index (κ1) is 12.2. The van der Waals surface area contributed by atoms with Crippen molar-refractivity contribution in [2.45, 2.75) is 18.8 Å². The lowest BCUT2D eigenvalue weighted by Gasteiger charge is -2.14. The molecule has 1 aromatic carbocycles. The number of halogens is 1. The monoisotopic (exact) mass is 274 g/mol. The lowest BCUT2D eigenvalue weighted by atomic mass is 10.1. The summed E-state index contributed by atoms with van der Waals surface area (Å²) in [5.41, 5.74) is 3.13. The molecule has 0 saturated heterocycles. The molecule has 1 saturated carbocycles. The summed E-state index contributed by atoms with van der Waals surface area (Å²) in [6, 6.07) is 5.84. The second-order valence-corrected chi connectivity index (χ2v) is 5.05. The summed E-state index contributed by atoms with van der Waals surface area (Å²) in [7, 11) is 1.90. The maximum absolute atomic E-state index is 6.35. The summed E-state index contributed by atoms with van der Waals surface area (Å²) >= 11 is 6.35. The van der Waals surface area contributed by atoms with Crippen LogP contribution in [0.4, 0.5) is 17.3 Å². The van der Waals surface area contributed by atoms with Crippen molar-refractivity contribution in [1.82, 2.24) is 9.97 Å². The maximum atomic E-state index is 6.35. The van der Waals surface area contributed by atoms with Crippen LogP contribution >= 0.6 is 11.6 Å². The van der Waals surface area contributed by atoms with Gasteiger partial charge in [-0.25, -0.2) is 9.97 Å². The summed E-state index contributed by atoms with van der Waals surface area (Å²) in [4.78, 5) is 8.31.